The Morgan fingerprint density at radius 2 is 1.79 bits per heavy atom. The van der Waals surface area contributed by atoms with Crippen molar-refractivity contribution in [2.75, 3.05) is 17.5 Å². The van der Waals surface area contributed by atoms with Gasteiger partial charge in [-0.3, -0.25) is 19.6 Å². The van der Waals surface area contributed by atoms with Gasteiger partial charge in [-0.1, -0.05) is 0 Å². The molecule has 1 fully saturated rings. The number of hydrogen-bond acceptors (Lipinski definition) is 15. The Morgan fingerprint density at radius 3 is 2.35 bits per heavy atom. The summed E-state index contributed by atoms with van der Waals surface area (Å²) >= 11 is 0. The topological polar surface area (TPSA) is 226 Å². The summed E-state index contributed by atoms with van der Waals surface area (Å²) in [6, 6.07) is -1.95. The molecule has 3 rings (SSSR count). The number of nitrogens with one attached hydrogen (secondary N) is 2. The van der Waals surface area contributed by atoms with Crippen LogP contribution in [-0.4, -0.2) is 87.0 Å². The monoisotopic (exact) mass is 478 g/mol. The maximum absolute atomic E-state index is 12.4. The third kappa shape index (κ3) is 4.93. The molecular weight excluding hydrogens is 452 g/mol. The zero-order chi connectivity index (χ0) is 25.0. The van der Waals surface area contributed by atoms with Gasteiger partial charge >= 0.3 is 11.9 Å². The van der Waals surface area contributed by atoms with Crippen molar-refractivity contribution in [3.63, 3.8) is 0 Å². The van der Waals surface area contributed by atoms with E-state index in [2.05, 4.69) is 49.4 Å². The highest BCUT2D eigenvalue weighted by Crippen LogP contribution is 2.36. The predicted molar refractivity (Wildman–Crippen MR) is 120 cm³/mol. The van der Waals surface area contributed by atoms with Crippen molar-refractivity contribution in [3.05, 3.63) is 6.33 Å². The Balaban J connectivity index is 2.10. The fourth-order valence-electron chi connectivity index (χ4n) is 3.21. The minimum atomic E-state index is -1.23. The van der Waals surface area contributed by atoms with Crippen LogP contribution < -0.4 is 22.3 Å². The van der Waals surface area contributed by atoms with E-state index in [1.807, 2.05) is 0 Å². The van der Waals surface area contributed by atoms with Crippen molar-refractivity contribution in [2.24, 2.45) is 21.7 Å². The third-order valence-electron chi connectivity index (χ3n) is 4.77. The molecule has 7 N–H and O–H groups in total. The third-order valence-corrected chi connectivity index (χ3v) is 4.77. The van der Waals surface area contributed by atoms with Crippen LogP contribution in [0.4, 0.5) is 11.8 Å². The van der Waals surface area contributed by atoms with Crippen LogP contribution in [-0.2, 0) is 23.8 Å². The summed E-state index contributed by atoms with van der Waals surface area (Å²) < 4.78 is 18.3. The fraction of sp³-hybridized carbons (Fsp3) is 0.500. The molecule has 6 atom stereocenters. The molecule has 0 radical (unpaired) electrons. The van der Waals surface area contributed by atoms with Gasteiger partial charge < -0.3 is 30.8 Å². The zero-order valence-electron chi connectivity index (χ0n) is 18.5. The van der Waals surface area contributed by atoms with Crippen molar-refractivity contribution in [1.82, 2.24) is 19.5 Å². The molecule has 0 amide bonds. The van der Waals surface area contributed by atoms with Crippen LogP contribution in [0.5, 0.6) is 0 Å². The number of hydrazone groups is 2. The van der Waals surface area contributed by atoms with Gasteiger partial charge in [-0.25, -0.2) is 10.4 Å². The Hall–Kier alpha value is -3.73. The lowest BCUT2D eigenvalue weighted by molar-refractivity contribution is -0.169. The average Bonchev–Trinajstić information content (AvgIpc) is 3.35. The number of carbonyl (C=O) groups is 2. The number of nitrogens with two attached hydrogens (primary N) is 2. The smallest absolute Gasteiger partial charge is 0.323 e. The molecule has 16 nitrogen and oxygen atoms in total. The molecule has 3 heterocycles. The minimum Gasteiger partial charge on any atom is -0.454 e. The van der Waals surface area contributed by atoms with E-state index in [-0.39, 0.29) is 22.9 Å². The first-order chi connectivity index (χ1) is 16.2. The fourth-order valence-corrected chi connectivity index (χ4v) is 3.21. The Morgan fingerprint density at radius 1 is 1.18 bits per heavy atom. The van der Waals surface area contributed by atoms with Crippen LogP contribution in [0.2, 0.25) is 0 Å². The maximum atomic E-state index is 12.4. The number of fused-ring (bicyclic) bond motifs is 1. The van der Waals surface area contributed by atoms with E-state index in [1.165, 1.54) is 24.7 Å². The van der Waals surface area contributed by atoms with Crippen LogP contribution in [0.1, 0.15) is 20.1 Å². The van der Waals surface area contributed by atoms with Crippen molar-refractivity contribution >= 4 is 48.3 Å². The van der Waals surface area contributed by atoms with Crippen LogP contribution in [0.3, 0.4) is 0 Å². The standard InChI is InChI=1S/C18H26N10O6/c1-7(19)16(30)33-11-9(5-29)32-15(12(11)34-17(31)8(2)20)28-6-23-10-13(26-21-3)24-18(27-22-4)25-14(10)28/h6-9,11-12,15,29H,3-5,19-20H2,1-2H3,(H2,24,25,26,27)/t7-,8-,9+,11+,12+,15+/m0/s1. The predicted octanol–water partition coefficient (Wildman–Crippen LogP) is -1.71. The summed E-state index contributed by atoms with van der Waals surface area (Å²) in [7, 11) is 0. The summed E-state index contributed by atoms with van der Waals surface area (Å²) in [6.45, 7) is 9.00. The maximum Gasteiger partial charge on any atom is 0.323 e. The lowest BCUT2D eigenvalue weighted by Crippen LogP contribution is -2.45. The zero-order valence-corrected chi connectivity index (χ0v) is 18.5. The van der Waals surface area contributed by atoms with Crippen molar-refractivity contribution in [3.8, 4) is 0 Å². The molecule has 2 aromatic heterocycles. The number of aromatic nitrogens is 4. The molecular formula is C18H26N10O6. The van der Waals surface area contributed by atoms with Crippen LogP contribution >= 0.6 is 0 Å². The van der Waals surface area contributed by atoms with E-state index in [9.17, 15) is 14.7 Å². The van der Waals surface area contributed by atoms with Gasteiger partial charge in [0.15, 0.2) is 35.4 Å². The highest BCUT2D eigenvalue weighted by Gasteiger charge is 2.51. The second-order valence-corrected chi connectivity index (χ2v) is 7.39. The number of carbonyl (C=O) groups excluding carboxylic acids is 2. The summed E-state index contributed by atoms with van der Waals surface area (Å²) in [5, 5.41) is 17.0. The van der Waals surface area contributed by atoms with Gasteiger partial charge in [0.05, 0.1) is 12.9 Å². The van der Waals surface area contributed by atoms with E-state index < -0.39 is 55.2 Å². The van der Waals surface area contributed by atoms with Crippen molar-refractivity contribution in [2.45, 2.75) is 50.5 Å². The molecule has 0 saturated carbocycles. The van der Waals surface area contributed by atoms with Gasteiger partial charge in [-0.05, 0) is 13.8 Å². The summed E-state index contributed by atoms with van der Waals surface area (Å²) in [6.07, 6.45) is -3.26. The second kappa shape index (κ2) is 10.5. The molecule has 16 heteroatoms. The SMILES string of the molecule is C=NNc1nc(NN=C)c2ncn([C@@H]3O[C@H](CO)[C@@H](OC(=O)[C@H](C)N)[C@H]3OC(=O)[C@H](C)N)c2n1. The lowest BCUT2D eigenvalue weighted by atomic mass is 10.1. The van der Waals surface area contributed by atoms with E-state index >= 15 is 0 Å². The van der Waals surface area contributed by atoms with Crippen LogP contribution in [0.25, 0.3) is 11.2 Å². The molecule has 1 aliphatic rings. The van der Waals surface area contributed by atoms with Crippen molar-refractivity contribution in [1.29, 1.82) is 0 Å². The molecule has 0 aliphatic carbocycles. The summed E-state index contributed by atoms with van der Waals surface area (Å²) in [4.78, 5) is 37.4. The Labute approximate surface area is 193 Å². The summed E-state index contributed by atoms with van der Waals surface area (Å²) in [5.41, 5.74) is 16.8. The van der Waals surface area contributed by atoms with E-state index in [0.717, 1.165) is 0 Å². The number of hydrogen-bond donors (Lipinski definition) is 5. The molecule has 0 aromatic carbocycles. The van der Waals surface area contributed by atoms with E-state index in [1.54, 1.807) is 0 Å². The normalized spacial score (nSPS) is 23.7. The van der Waals surface area contributed by atoms with Crippen molar-refractivity contribution < 1.29 is 28.9 Å². The largest absolute Gasteiger partial charge is 0.454 e. The van der Waals surface area contributed by atoms with E-state index in [0.29, 0.717) is 0 Å². The number of rotatable bonds is 10. The van der Waals surface area contributed by atoms with E-state index in [4.69, 9.17) is 25.7 Å². The van der Waals surface area contributed by atoms with Gasteiger partial charge in [0.2, 0.25) is 5.95 Å². The number of anilines is 2. The summed E-state index contributed by atoms with van der Waals surface area (Å²) in [5.74, 6) is -1.34. The van der Waals surface area contributed by atoms with Gasteiger partial charge in [0.25, 0.3) is 0 Å². The molecule has 184 valence electrons. The first-order valence-corrected chi connectivity index (χ1v) is 10.1. The second-order valence-electron chi connectivity index (χ2n) is 7.39. The molecule has 34 heavy (non-hydrogen) atoms. The number of ether oxygens (including phenoxy) is 3. The molecule has 0 spiro atoms. The average molecular weight is 478 g/mol. The highest BCUT2D eigenvalue weighted by atomic mass is 16.6. The van der Waals surface area contributed by atoms with Crippen LogP contribution in [0.15, 0.2) is 16.5 Å². The molecule has 1 saturated heterocycles. The van der Waals surface area contributed by atoms with Gasteiger partial charge in [-0.15, -0.1) is 0 Å². The quantitative estimate of drug-likeness (QED) is 0.146. The Kier molecular flexibility index (Phi) is 7.67. The molecule has 0 bridgehead atoms. The minimum absolute atomic E-state index is 0.0381. The first-order valence-electron chi connectivity index (χ1n) is 10.1. The number of imidazole rings is 1. The van der Waals surface area contributed by atoms with Gasteiger partial charge in [0, 0.05) is 13.4 Å². The number of aliphatic hydroxyl groups is 1. The number of aliphatic hydroxyl groups excluding tert-OH is 1. The van der Waals surface area contributed by atoms with Gasteiger partial charge in [0.1, 0.15) is 18.2 Å². The van der Waals surface area contributed by atoms with Gasteiger partial charge in [-0.2, -0.15) is 20.2 Å². The molecule has 1 aliphatic heterocycles. The first kappa shape index (κ1) is 24.9. The highest BCUT2D eigenvalue weighted by molar-refractivity contribution is 5.84. The number of nitrogens with zero attached hydrogens (tertiary/aromatic N) is 6. The molecule has 0 unspecified atom stereocenters. The lowest BCUT2D eigenvalue weighted by Gasteiger charge is -2.25. The van der Waals surface area contributed by atoms with Crippen LogP contribution in [0, 0.1) is 0 Å². The Bertz CT molecular complexity index is 1070. The molecule has 2 aromatic rings. The number of esters is 2.